The van der Waals surface area contributed by atoms with Gasteiger partial charge in [-0.05, 0) is 62.6 Å². The van der Waals surface area contributed by atoms with Gasteiger partial charge in [-0.3, -0.25) is 0 Å². The number of hydrogen-bond donors (Lipinski definition) is 1. The largest absolute Gasteiger partial charge is 0.361 e. The number of fused-ring (bicyclic) bond motifs is 1. The number of benzene rings is 1. The summed E-state index contributed by atoms with van der Waals surface area (Å²) in [5.41, 5.74) is 2.75. The van der Waals surface area contributed by atoms with Crippen LogP contribution >= 0.6 is 11.3 Å². The van der Waals surface area contributed by atoms with Crippen LogP contribution in [0.15, 0.2) is 47.1 Å². The van der Waals surface area contributed by atoms with Gasteiger partial charge in [-0.25, -0.2) is 14.4 Å². The lowest BCUT2D eigenvalue weighted by Gasteiger charge is -2.23. The van der Waals surface area contributed by atoms with E-state index in [0.29, 0.717) is 17.5 Å². The van der Waals surface area contributed by atoms with Crippen molar-refractivity contribution in [2.24, 2.45) is 0 Å². The van der Waals surface area contributed by atoms with Crippen LogP contribution in [0.2, 0.25) is 0 Å². The van der Waals surface area contributed by atoms with E-state index >= 15 is 0 Å². The smallest absolute Gasteiger partial charge is 0.261 e. The summed E-state index contributed by atoms with van der Waals surface area (Å²) < 4.78 is 18.6. The summed E-state index contributed by atoms with van der Waals surface area (Å²) in [5, 5.41) is 8.33. The predicted molar refractivity (Wildman–Crippen MR) is 109 cm³/mol. The summed E-state index contributed by atoms with van der Waals surface area (Å²) in [6.07, 6.45) is 4.77. The van der Waals surface area contributed by atoms with E-state index in [1.54, 1.807) is 36.6 Å². The summed E-state index contributed by atoms with van der Waals surface area (Å²) in [7, 11) is 0. The van der Waals surface area contributed by atoms with Crippen LogP contribution in [0.4, 0.5) is 10.2 Å². The second kappa shape index (κ2) is 7.36. The maximum atomic E-state index is 13.3. The van der Waals surface area contributed by atoms with E-state index in [4.69, 9.17) is 9.51 Å². The molecule has 0 radical (unpaired) electrons. The highest BCUT2D eigenvalue weighted by Gasteiger charge is 2.26. The Morgan fingerprint density at radius 3 is 2.83 bits per heavy atom. The van der Waals surface area contributed by atoms with E-state index in [1.807, 2.05) is 12.1 Å². The minimum atomic E-state index is -0.242. The molecule has 3 heterocycles. The molecule has 0 aliphatic heterocycles. The van der Waals surface area contributed by atoms with Crippen molar-refractivity contribution in [3.63, 3.8) is 0 Å². The Labute approximate surface area is 170 Å². The highest BCUT2D eigenvalue weighted by Crippen LogP contribution is 2.39. The maximum absolute atomic E-state index is 13.3. The number of aromatic nitrogens is 4. The molecule has 29 heavy (non-hydrogen) atoms. The third kappa shape index (κ3) is 3.51. The van der Waals surface area contributed by atoms with Gasteiger partial charge in [0.2, 0.25) is 0 Å². The molecule has 1 aliphatic carbocycles. The van der Waals surface area contributed by atoms with Gasteiger partial charge in [-0.15, -0.1) is 11.3 Å². The second-order valence-electron chi connectivity index (χ2n) is 6.97. The Hall–Kier alpha value is -3.13. The molecular formula is C21H18FN5OS. The van der Waals surface area contributed by atoms with Crippen LogP contribution in [-0.2, 0) is 6.42 Å². The molecule has 6 nitrogen and oxygen atoms in total. The fourth-order valence-electron chi connectivity index (χ4n) is 3.54. The monoisotopic (exact) mass is 407 g/mol. The molecule has 0 amide bonds. The van der Waals surface area contributed by atoms with Crippen molar-refractivity contribution in [1.29, 1.82) is 0 Å². The lowest BCUT2D eigenvalue weighted by molar-refractivity contribution is 0.425. The molecule has 3 aromatic heterocycles. The normalized spacial score (nSPS) is 15.9. The summed E-state index contributed by atoms with van der Waals surface area (Å²) >= 11 is 1.68. The molecule has 1 unspecified atom stereocenters. The molecule has 0 bridgehead atoms. The number of aryl methyl sites for hydroxylation is 2. The molecule has 0 spiro atoms. The first kappa shape index (κ1) is 17.9. The van der Waals surface area contributed by atoms with Gasteiger partial charge in [-0.1, -0.05) is 5.16 Å². The number of halogens is 1. The van der Waals surface area contributed by atoms with E-state index in [-0.39, 0.29) is 11.9 Å². The number of rotatable bonds is 4. The summed E-state index contributed by atoms with van der Waals surface area (Å²) in [5.74, 6) is 1.48. The summed E-state index contributed by atoms with van der Waals surface area (Å²) in [6, 6.07) is 10.3. The van der Waals surface area contributed by atoms with Crippen molar-refractivity contribution >= 4 is 17.2 Å². The Bertz CT molecular complexity index is 1150. The van der Waals surface area contributed by atoms with Crippen molar-refractivity contribution in [3.8, 4) is 22.0 Å². The van der Waals surface area contributed by atoms with Crippen LogP contribution in [0.3, 0.4) is 0 Å². The minimum Gasteiger partial charge on any atom is -0.361 e. The van der Waals surface area contributed by atoms with E-state index in [1.165, 1.54) is 17.0 Å². The average Bonchev–Trinajstić information content (AvgIpc) is 3.36. The SMILES string of the molecule is Cc1noc(-c2cccnc2NC2CCCc3sc(-c4ccc(F)cc4)nc32)n1. The van der Waals surface area contributed by atoms with E-state index in [9.17, 15) is 4.39 Å². The molecule has 0 fully saturated rings. The topological polar surface area (TPSA) is 76.7 Å². The van der Waals surface area contributed by atoms with Crippen molar-refractivity contribution < 1.29 is 8.91 Å². The van der Waals surface area contributed by atoms with E-state index in [0.717, 1.165) is 41.1 Å². The molecule has 4 aromatic rings. The fraction of sp³-hybridized carbons (Fsp3) is 0.238. The molecule has 0 saturated heterocycles. The molecule has 146 valence electrons. The Balaban J connectivity index is 1.47. The van der Waals surface area contributed by atoms with E-state index in [2.05, 4.69) is 20.4 Å². The molecule has 0 saturated carbocycles. The maximum Gasteiger partial charge on any atom is 0.261 e. The number of nitrogens with one attached hydrogen (secondary N) is 1. The standard InChI is InChI=1S/C21H18FN5OS/c1-12-24-20(28-27-12)15-4-3-11-23-19(15)25-16-5-2-6-17-18(16)26-21(29-17)13-7-9-14(22)10-8-13/h3-4,7-11,16H,2,5-6H2,1H3,(H,23,25). The van der Waals surface area contributed by atoms with Crippen LogP contribution in [0.25, 0.3) is 22.0 Å². The van der Waals surface area contributed by atoms with Crippen LogP contribution in [-0.4, -0.2) is 20.1 Å². The van der Waals surface area contributed by atoms with Crippen molar-refractivity contribution in [3.05, 3.63) is 64.8 Å². The van der Waals surface area contributed by atoms with Crippen LogP contribution in [0, 0.1) is 12.7 Å². The molecule has 5 rings (SSSR count). The Morgan fingerprint density at radius 2 is 2.03 bits per heavy atom. The highest BCUT2D eigenvalue weighted by molar-refractivity contribution is 7.15. The molecule has 1 aromatic carbocycles. The van der Waals surface area contributed by atoms with Gasteiger partial charge >= 0.3 is 0 Å². The number of anilines is 1. The van der Waals surface area contributed by atoms with Crippen molar-refractivity contribution in [2.45, 2.75) is 32.2 Å². The fourth-order valence-corrected chi connectivity index (χ4v) is 4.71. The van der Waals surface area contributed by atoms with Crippen LogP contribution in [0.5, 0.6) is 0 Å². The van der Waals surface area contributed by atoms with Gasteiger partial charge in [0.25, 0.3) is 5.89 Å². The number of pyridine rings is 1. The molecule has 1 atom stereocenters. The van der Waals surface area contributed by atoms with Crippen molar-refractivity contribution in [2.75, 3.05) is 5.32 Å². The Morgan fingerprint density at radius 1 is 1.17 bits per heavy atom. The summed E-state index contributed by atoms with van der Waals surface area (Å²) in [4.78, 5) is 15.0. The first-order valence-electron chi connectivity index (χ1n) is 9.45. The van der Waals surface area contributed by atoms with Gasteiger partial charge in [0.1, 0.15) is 16.6 Å². The van der Waals surface area contributed by atoms with Gasteiger partial charge in [-0.2, -0.15) is 4.98 Å². The van der Waals surface area contributed by atoms with Crippen LogP contribution in [0.1, 0.15) is 35.3 Å². The zero-order valence-electron chi connectivity index (χ0n) is 15.7. The predicted octanol–water partition coefficient (Wildman–Crippen LogP) is 5.19. The van der Waals surface area contributed by atoms with Crippen LogP contribution < -0.4 is 5.32 Å². The molecule has 1 aliphatic rings. The highest BCUT2D eigenvalue weighted by atomic mass is 32.1. The lowest BCUT2D eigenvalue weighted by Crippen LogP contribution is -2.18. The molecule has 8 heteroatoms. The molecular weight excluding hydrogens is 389 g/mol. The average molecular weight is 407 g/mol. The quantitative estimate of drug-likeness (QED) is 0.502. The van der Waals surface area contributed by atoms with Gasteiger partial charge < -0.3 is 9.84 Å². The van der Waals surface area contributed by atoms with E-state index < -0.39 is 0 Å². The first-order valence-corrected chi connectivity index (χ1v) is 10.3. The third-order valence-electron chi connectivity index (χ3n) is 4.92. The van der Waals surface area contributed by atoms with Gasteiger partial charge in [0, 0.05) is 16.6 Å². The number of hydrogen-bond acceptors (Lipinski definition) is 7. The van der Waals surface area contributed by atoms with Crippen molar-refractivity contribution in [1.82, 2.24) is 20.1 Å². The summed E-state index contributed by atoms with van der Waals surface area (Å²) in [6.45, 7) is 1.79. The van der Waals surface area contributed by atoms with Gasteiger partial charge in [0.15, 0.2) is 5.82 Å². The lowest BCUT2D eigenvalue weighted by atomic mass is 9.97. The zero-order valence-corrected chi connectivity index (χ0v) is 16.5. The number of thiazole rings is 1. The Kier molecular flexibility index (Phi) is 4.55. The zero-order chi connectivity index (χ0) is 19.8. The third-order valence-corrected chi connectivity index (χ3v) is 6.10. The number of nitrogens with zero attached hydrogens (tertiary/aromatic N) is 4. The second-order valence-corrected chi connectivity index (χ2v) is 8.05. The minimum absolute atomic E-state index is 0.0434. The first-order chi connectivity index (χ1) is 14.2. The van der Waals surface area contributed by atoms with Gasteiger partial charge in [0.05, 0.1) is 17.3 Å². The molecule has 1 N–H and O–H groups in total.